The van der Waals surface area contributed by atoms with E-state index in [0.29, 0.717) is 35.7 Å². The molecule has 0 bridgehead atoms. The number of nitrogens with two attached hydrogens (primary N) is 1. The summed E-state index contributed by atoms with van der Waals surface area (Å²) in [6.07, 6.45) is 1.68. The van der Waals surface area contributed by atoms with Crippen LogP contribution in [0.4, 0.5) is 5.69 Å². The van der Waals surface area contributed by atoms with Crippen LogP contribution >= 0.6 is 35.6 Å². The molecule has 0 radical (unpaired) electrons. The lowest BCUT2D eigenvalue weighted by Gasteiger charge is -2.11. The highest BCUT2D eigenvalue weighted by Gasteiger charge is 2.07. The average molecular weight is 491 g/mol. The van der Waals surface area contributed by atoms with Gasteiger partial charge >= 0.3 is 0 Å². The first-order valence-electron chi connectivity index (χ1n) is 7.96. The van der Waals surface area contributed by atoms with Gasteiger partial charge in [0, 0.05) is 6.20 Å². The molecule has 0 fully saturated rings. The number of nitrogens with one attached hydrogen (secondary N) is 1. The number of hydrogen-bond acceptors (Lipinski definition) is 4. The fourth-order valence-corrected chi connectivity index (χ4v) is 2.25. The van der Waals surface area contributed by atoms with Crippen LogP contribution in [0.1, 0.15) is 19.4 Å². The SMILES string of the molecule is COc1ccccc1NC(N)=NCc1cnc(OCC(C)C)c(Cl)c1.I. The first kappa shape index (κ1) is 22.3. The summed E-state index contributed by atoms with van der Waals surface area (Å²) < 4.78 is 10.8. The topological polar surface area (TPSA) is 81.8 Å². The second-order valence-corrected chi connectivity index (χ2v) is 6.27. The van der Waals surface area contributed by atoms with Crippen molar-refractivity contribution < 1.29 is 9.47 Å². The van der Waals surface area contributed by atoms with Gasteiger partial charge in [0.2, 0.25) is 5.88 Å². The van der Waals surface area contributed by atoms with Crippen LogP contribution in [0.25, 0.3) is 0 Å². The molecule has 6 nitrogen and oxygen atoms in total. The molecule has 142 valence electrons. The number of pyridine rings is 1. The normalized spacial score (nSPS) is 11.0. The molecular weight excluding hydrogens is 467 g/mol. The zero-order valence-corrected chi connectivity index (χ0v) is 18.1. The van der Waals surface area contributed by atoms with Crippen molar-refractivity contribution in [3.8, 4) is 11.6 Å². The van der Waals surface area contributed by atoms with Gasteiger partial charge in [0.1, 0.15) is 10.8 Å². The van der Waals surface area contributed by atoms with E-state index in [4.69, 9.17) is 26.8 Å². The molecule has 0 unspecified atom stereocenters. The zero-order valence-electron chi connectivity index (χ0n) is 15.0. The molecule has 2 aromatic rings. The molecular formula is C18H24ClIN4O2. The number of ether oxygens (including phenoxy) is 2. The van der Waals surface area contributed by atoms with Crippen LogP contribution in [-0.4, -0.2) is 24.7 Å². The Labute approximate surface area is 176 Å². The summed E-state index contributed by atoms with van der Waals surface area (Å²) in [5.41, 5.74) is 7.52. The van der Waals surface area contributed by atoms with Crippen LogP contribution in [0.15, 0.2) is 41.5 Å². The third-order valence-electron chi connectivity index (χ3n) is 3.22. The molecule has 0 aliphatic heterocycles. The predicted octanol–water partition coefficient (Wildman–Crippen LogP) is 4.32. The Morgan fingerprint density at radius 2 is 2.08 bits per heavy atom. The molecule has 0 spiro atoms. The number of aromatic nitrogens is 1. The lowest BCUT2D eigenvalue weighted by Crippen LogP contribution is -2.22. The summed E-state index contributed by atoms with van der Waals surface area (Å²) in [5, 5.41) is 3.48. The number of anilines is 1. The van der Waals surface area contributed by atoms with Gasteiger partial charge in [-0.3, -0.25) is 0 Å². The van der Waals surface area contributed by atoms with Crippen LogP contribution in [0.5, 0.6) is 11.6 Å². The van der Waals surface area contributed by atoms with E-state index >= 15 is 0 Å². The monoisotopic (exact) mass is 490 g/mol. The Balaban J connectivity index is 0.00000338. The van der Waals surface area contributed by atoms with Crippen molar-refractivity contribution in [2.45, 2.75) is 20.4 Å². The molecule has 8 heteroatoms. The quantitative estimate of drug-likeness (QED) is 0.343. The second-order valence-electron chi connectivity index (χ2n) is 5.86. The van der Waals surface area contributed by atoms with Gasteiger partial charge in [-0.25, -0.2) is 9.98 Å². The minimum atomic E-state index is 0. The first-order valence-corrected chi connectivity index (χ1v) is 8.34. The van der Waals surface area contributed by atoms with E-state index in [1.165, 1.54) is 0 Å². The summed E-state index contributed by atoms with van der Waals surface area (Å²) in [7, 11) is 1.60. The van der Waals surface area contributed by atoms with Gasteiger partial charge in [0.05, 0.1) is 25.9 Å². The third-order valence-corrected chi connectivity index (χ3v) is 3.49. The van der Waals surface area contributed by atoms with Gasteiger partial charge in [-0.15, -0.1) is 24.0 Å². The number of guanidine groups is 1. The zero-order chi connectivity index (χ0) is 18.2. The summed E-state index contributed by atoms with van der Waals surface area (Å²) in [6, 6.07) is 9.26. The van der Waals surface area contributed by atoms with Crippen molar-refractivity contribution in [1.82, 2.24) is 4.98 Å². The Kier molecular flexibility index (Phi) is 9.50. The Hall–Kier alpha value is -1.74. The number of hydrogen-bond donors (Lipinski definition) is 2. The van der Waals surface area contributed by atoms with Gasteiger partial charge in [0.15, 0.2) is 5.96 Å². The highest BCUT2D eigenvalue weighted by Crippen LogP contribution is 2.24. The molecule has 0 aliphatic carbocycles. The van der Waals surface area contributed by atoms with Crippen LogP contribution in [-0.2, 0) is 6.54 Å². The molecule has 0 saturated heterocycles. The van der Waals surface area contributed by atoms with Crippen molar-refractivity contribution in [2.75, 3.05) is 19.0 Å². The Morgan fingerprint density at radius 1 is 1.35 bits per heavy atom. The average Bonchev–Trinajstić information content (AvgIpc) is 2.59. The smallest absolute Gasteiger partial charge is 0.232 e. The summed E-state index contributed by atoms with van der Waals surface area (Å²) in [4.78, 5) is 8.53. The summed E-state index contributed by atoms with van der Waals surface area (Å²) >= 11 is 6.20. The van der Waals surface area contributed by atoms with Gasteiger partial charge in [-0.2, -0.15) is 0 Å². The number of para-hydroxylation sites is 2. The highest BCUT2D eigenvalue weighted by atomic mass is 127. The lowest BCUT2D eigenvalue weighted by molar-refractivity contribution is 0.261. The minimum absolute atomic E-state index is 0. The molecule has 0 atom stereocenters. The molecule has 26 heavy (non-hydrogen) atoms. The van der Waals surface area contributed by atoms with E-state index < -0.39 is 0 Å². The lowest BCUT2D eigenvalue weighted by atomic mass is 10.2. The largest absolute Gasteiger partial charge is 0.495 e. The molecule has 0 saturated carbocycles. The number of rotatable bonds is 7. The standard InChI is InChI=1S/C18H23ClN4O2.HI/c1-12(2)11-25-17-14(19)8-13(9-21-17)10-22-18(20)23-15-6-4-5-7-16(15)24-3;/h4-9,12H,10-11H2,1-3H3,(H3,20,22,23);1H. The van der Waals surface area contributed by atoms with Crippen LogP contribution < -0.4 is 20.5 Å². The molecule has 0 amide bonds. The molecule has 1 aromatic carbocycles. The van der Waals surface area contributed by atoms with Crippen molar-refractivity contribution in [3.63, 3.8) is 0 Å². The van der Waals surface area contributed by atoms with E-state index in [-0.39, 0.29) is 29.9 Å². The Morgan fingerprint density at radius 3 is 2.73 bits per heavy atom. The maximum Gasteiger partial charge on any atom is 0.232 e. The molecule has 1 aromatic heterocycles. The van der Waals surface area contributed by atoms with Gasteiger partial charge in [-0.05, 0) is 29.7 Å². The second kappa shape index (κ2) is 11.1. The van der Waals surface area contributed by atoms with E-state index in [2.05, 4.69) is 29.1 Å². The number of nitrogens with zero attached hydrogens (tertiary/aromatic N) is 2. The fraction of sp³-hybridized carbons (Fsp3) is 0.333. The third kappa shape index (κ3) is 6.87. The van der Waals surface area contributed by atoms with Crippen molar-refractivity contribution in [1.29, 1.82) is 0 Å². The van der Waals surface area contributed by atoms with Gasteiger partial charge < -0.3 is 20.5 Å². The number of methoxy groups -OCH3 is 1. The highest BCUT2D eigenvalue weighted by molar-refractivity contribution is 14.0. The molecule has 2 rings (SSSR count). The summed E-state index contributed by atoms with van der Waals surface area (Å²) in [6.45, 7) is 5.05. The number of benzene rings is 1. The van der Waals surface area contributed by atoms with E-state index in [9.17, 15) is 0 Å². The molecule has 1 heterocycles. The minimum Gasteiger partial charge on any atom is -0.495 e. The van der Waals surface area contributed by atoms with Crippen LogP contribution in [0.3, 0.4) is 0 Å². The molecule has 3 N–H and O–H groups in total. The van der Waals surface area contributed by atoms with Crippen molar-refractivity contribution in [2.24, 2.45) is 16.6 Å². The first-order chi connectivity index (χ1) is 12.0. The summed E-state index contributed by atoms with van der Waals surface area (Å²) in [5.74, 6) is 1.81. The molecule has 0 aliphatic rings. The number of halogens is 2. The van der Waals surface area contributed by atoms with E-state index in [0.717, 1.165) is 11.3 Å². The number of aliphatic imine (C=N–C) groups is 1. The van der Waals surface area contributed by atoms with E-state index in [1.807, 2.05) is 24.3 Å². The van der Waals surface area contributed by atoms with Gasteiger partial charge in [0.25, 0.3) is 0 Å². The maximum atomic E-state index is 6.20. The Bertz CT molecular complexity index is 741. The van der Waals surface area contributed by atoms with Gasteiger partial charge in [-0.1, -0.05) is 37.6 Å². The van der Waals surface area contributed by atoms with Crippen molar-refractivity contribution in [3.05, 3.63) is 47.1 Å². The van der Waals surface area contributed by atoms with Crippen LogP contribution in [0.2, 0.25) is 5.02 Å². The van der Waals surface area contributed by atoms with E-state index in [1.54, 1.807) is 19.4 Å². The van der Waals surface area contributed by atoms with Crippen LogP contribution in [0, 0.1) is 5.92 Å². The van der Waals surface area contributed by atoms with Crippen molar-refractivity contribution >= 4 is 47.2 Å². The predicted molar refractivity (Wildman–Crippen MR) is 117 cm³/mol. The fourth-order valence-electron chi connectivity index (χ4n) is 2.01. The maximum absolute atomic E-state index is 6.20.